The maximum absolute atomic E-state index is 13.0. The third-order valence-electron chi connectivity index (χ3n) is 4.81. The van der Waals surface area contributed by atoms with E-state index in [4.69, 9.17) is 4.74 Å². The SMILES string of the molecule is CN(c1ccc(OCC(=O)N(c2ccccc2)c2ccccn2)cc1)S(=O)(=O)c1cccs1. The van der Waals surface area contributed by atoms with Gasteiger partial charge in [-0.2, -0.15) is 0 Å². The van der Waals surface area contributed by atoms with Crippen molar-refractivity contribution in [2.45, 2.75) is 4.21 Å². The smallest absolute Gasteiger partial charge is 0.273 e. The summed E-state index contributed by atoms with van der Waals surface area (Å²) in [6.45, 7) is -0.214. The molecule has 0 radical (unpaired) electrons. The fraction of sp³-hybridized carbons (Fsp3) is 0.0833. The number of carbonyl (C=O) groups is 1. The monoisotopic (exact) mass is 479 g/mol. The summed E-state index contributed by atoms with van der Waals surface area (Å²) in [5.74, 6) is 0.650. The van der Waals surface area contributed by atoms with Crippen LogP contribution in [-0.4, -0.2) is 33.0 Å². The van der Waals surface area contributed by atoms with Crippen LogP contribution in [0.4, 0.5) is 17.2 Å². The van der Waals surface area contributed by atoms with Gasteiger partial charge in [0.2, 0.25) is 0 Å². The average molecular weight is 480 g/mol. The number of rotatable bonds is 8. The molecule has 4 aromatic rings. The minimum Gasteiger partial charge on any atom is -0.484 e. The van der Waals surface area contributed by atoms with E-state index in [0.717, 1.165) is 11.3 Å². The van der Waals surface area contributed by atoms with Gasteiger partial charge in [-0.25, -0.2) is 13.4 Å². The average Bonchev–Trinajstić information content (AvgIpc) is 3.40. The Morgan fingerprint density at radius 1 is 0.909 bits per heavy atom. The highest BCUT2D eigenvalue weighted by atomic mass is 32.2. The molecule has 0 aliphatic carbocycles. The third-order valence-corrected chi connectivity index (χ3v) is 7.97. The molecule has 0 fully saturated rings. The Morgan fingerprint density at radius 3 is 2.27 bits per heavy atom. The Balaban J connectivity index is 1.47. The number of benzene rings is 2. The standard InChI is InChI=1S/C24H21N3O4S2/c1-26(33(29,30)24-11-7-17-32-24)19-12-14-21(15-13-19)31-18-23(28)27(20-8-3-2-4-9-20)22-10-5-6-16-25-22/h2-17H,18H2,1H3. The van der Waals surface area contributed by atoms with Crippen LogP contribution in [0.1, 0.15) is 0 Å². The van der Waals surface area contributed by atoms with Crippen molar-refractivity contribution in [2.24, 2.45) is 0 Å². The van der Waals surface area contributed by atoms with Gasteiger partial charge in [0.05, 0.1) is 11.4 Å². The molecule has 0 atom stereocenters. The molecule has 33 heavy (non-hydrogen) atoms. The van der Waals surface area contributed by atoms with E-state index in [2.05, 4.69) is 4.98 Å². The lowest BCUT2D eigenvalue weighted by Gasteiger charge is -2.22. The van der Waals surface area contributed by atoms with Crippen molar-refractivity contribution in [1.29, 1.82) is 0 Å². The molecule has 9 heteroatoms. The molecular formula is C24H21N3O4S2. The van der Waals surface area contributed by atoms with Crippen LogP contribution >= 0.6 is 11.3 Å². The van der Waals surface area contributed by atoms with Crippen LogP contribution in [0.25, 0.3) is 0 Å². The highest BCUT2D eigenvalue weighted by Crippen LogP contribution is 2.27. The quantitative estimate of drug-likeness (QED) is 0.366. The zero-order chi connectivity index (χ0) is 23.3. The zero-order valence-corrected chi connectivity index (χ0v) is 19.4. The second-order valence-electron chi connectivity index (χ2n) is 6.94. The molecule has 2 aromatic heterocycles. The lowest BCUT2D eigenvalue weighted by atomic mass is 10.2. The van der Waals surface area contributed by atoms with Crippen LogP contribution in [0.2, 0.25) is 0 Å². The van der Waals surface area contributed by atoms with E-state index in [0.29, 0.717) is 22.9 Å². The number of amides is 1. The Bertz CT molecular complexity index is 1260. The van der Waals surface area contributed by atoms with Gasteiger partial charge in [0.15, 0.2) is 6.61 Å². The van der Waals surface area contributed by atoms with Crippen LogP contribution in [0.5, 0.6) is 5.75 Å². The Labute approximate surface area is 196 Å². The number of anilines is 3. The molecule has 0 saturated heterocycles. The lowest BCUT2D eigenvalue weighted by molar-refractivity contribution is -0.119. The van der Waals surface area contributed by atoms with Gasteiger partial charge in [-0.1, -0.05) is 30.3 Å². The number of thiophene rings is 1. The van der Waals surface area contributed by atoms with Crippen molar-refractivity contribution in [3.8, 4) is 5.75 Å². The number of sulfonamides is 1. The first-order valence-corrected chi connectivity index (χ1v) is 12.3. The van der Waals surface area contributed by atoms with Crippen molar-refractivity contribution >= 4 is 44.5 Å². The number of hydrogen-bond donors (Lipinski definition) is 0. The number of carbonyl (C=O) groups excluding carboxylic acids is 1. The van der Waals surface area contributed by atoms with Crippen molar-refractivity contribution in [2.75, 3.05) is 22.9 Å². The van der Waals surface area contributed by atoms with Gasteiger partial charge in [0.1, 0.15) is 15.8 Å². The Kier molecular flexibility index (Phi) is 6.71. The minimum atomic E-state index is -3.62. The van der Waals surface area contributed by atoms with Crippen LogP contribution in [0.3, 0.4) is 0 Å². The normalized spacial score (nSPS) is 11.1. The molecule has 0 bridgehead atoms. The van der Waals surface area contributed by atoms with E-state index < -0.39 is 10.0 Å². The third kappa shape index (κ3) is 5.05. The number of aromatic nitrogens is 1. The maximum atomic E-state index is 13.0. The molecule has 0 aliphatic heterocycles. The summed E-state index contributed by atoms with van der Waals surface area (Å²) in [4.78, 5) is 18.8. The largest absolute Gasteiger partial charge is 0.484 e. The van der Waals surface area contributed by atoms with E-state index in [-0.39, 0.29) is 16.7 Å². The molecule has 2 aromatic carbocycles. The maximum Gasteiger partial charge on any atom is 0.273 e. The highest BCUT2D eigenvalue weighted by molar-refractivity contribution is 7.94. The molecule has 0 spiro atoms. The second-order valence-corrected chi connectivity index (χ2v) is 10.1. The van der Waals surface area contributed by atoms with Crippen LogP contribution in [0, 0.1) is 0 Å². The van der Waals surface area contributed by atoms with Crippen molar-refractivity contribution < 1.29 is 17.9 Å². The number of ether oxygens (including phenoxy) is 1. The summed E-state index contributed by atoms with van der Waals surface area (Å²) in [5, 5.41) is 1.72. The van der Waals surface area contributed by atoms with Crippen LogP contribution < -0.4 is 13.9 Å². The molecule has 7 nitrogen and oxygen atoms in total. The molecule has 0 N–H and O–H groups in total. The summed E-state index contributed by atoms with van der Waals surface area (Å²) < 4.78 is 32.6. The Morgan fingerprint density at radius 2 is 1.64 bits per heavy atom. The Hall–Kier alpha value is -3.69. The van der Waals surface area contributed by atoms with Gasteiger partial charge in [0, 0.05) is 13.2 Å². The molecule has 0 unspecified atom stereocenters. The minimum absolute atomic E-state index is 0.214. The summed E-state index contributed by atoms with van der Waals surface area (Å²) in [6.07, 6.45) is 1.62. The van der Waals surface area contributed by atoms with E-state index in [1.807, 2.05) is 36.4 Å². The van der Waals surface area contributed by atoms with Gasteiger partial charge in [-0.15, -0.1) is 11.3 Å². The van der Waals surface area contributed by atoms with E-state index in [9.17, 15) is 13.2 Å². The highest BCUT2D eigenvalue weighted by Gasteiger charge is 2.23. The molecule has 2 heterocycles. The molecule has 0 saturated carbocycles. The number of pyridine rings is 1. The fourth-order valence-corrected chi connectivity index (χ4v) is 5.47. The van der Waals surface area contributed by atoms with Gasteiger partial charge < -0.3 is 4.74 Å². The summed E-state index contributed by atoms with van der Waals surface area (Å²) in [6, 6.07) is 24.4. The first-order valence-electron chi connectivity index (χ1n) is 10.0. The van der Waals surface area contributed by atoms with Crippen molar-refractivity contribution in [1.82, 2.24) is 4.98 Å². The van der Waals surface area contributed by atoms with E-state index in [1.54, 1.807) is 60.1 Å². The zero-order valence-electron chi connectivity index (χ0n) is 17.7. The number of para-hydroxylation sites is 1. The van der Waals surface area contributed by atoms with Gasteiger partial charge >= 0.3 is 0 Å². The van der Waals surface area contributed by atoms with Crippen molar-refractivity contribution in [3.05, 3.63) is 96.5 Å². The molecular weight excluding hydrogens is 458 g/mol. The first-order chi connectivity index (χ1) is 16.0. The van der Waals surface area contributed by atoms with Crippen molar-refractivity contribution in [3.63, 3.8) is 0 Å². The summed E-state index contributed by atoms with van der Waals surface area (Å²) in [5.41, 5.74) is 1.17. The first kappa shape index (κ1) is 22.5. The number of hydrogen-bond acceptors (Lipinski definition) is 6. The number of nitrogens with zero attached hydrogens (tertiary/aromatic N) is 3. The van der Waals surface area contributed by atoms with Crippen LogP contribution in [0.15, 0.2) is 101 Å². The van der Waals surface area contributed by atoms with E-state index >= 15 is 0 Å². The predicted molar refractivity (Wildman–Crippen MR) is 130 cm³/mol. The summed E-state index contributed by atoms with van der Waals surface area (Å²) in [7, 11) is -2.12. The molecule has 1 amide bonds. The van der Waals surface area contributed by atoms with Gasteiger partial charge in [-0.3, -0.25) is 14.0 Å². The predicted octanol–water partition coefficient (Wildman–Crippen LogP) is 4.71. The fourth-order valence-electron chi connectivity index (χ4n) is 3.11. The molecule has 4 rings (SSSR count). The molecule has 168 valence electrons. The second kappa shape index (κ2) is 9.85. The molecule has 0 aliphatic rings. The van der Waals surface area contributed by atoms with Crippen LogP contribution in [-0.2, 0) is 14.8 Å². The lowest BCUT2D eigenvalue weighted by Crippen LogP contribution is -2.31. The topological polar surface area (TPSA) is 79.8 Å². The van der Waals surface area contributed by atoms with E-state index in [1.165, 1.54) is 16.3 Å². The summed E-state index contributed by atoms with van der Waals surface area (Å²) >= 11 is 1.16. The van der Waals surface area contributed by atoms with Gasteiger partial charge in [-0.05, 0) is 60.0 Å². The van der Waals surface area contributed by atoms with Gasteiger partial charge in [0.25, 0.3) is 15.9 Å².